The zero-order chi connectivity index (χ0) is 11.6. The Morgan fingerprint density at radius 1 is 1.20 bits per heavy atom. The Bertz CT molecular complexity index is 470. The highest BCUT2D eigenvalue weighted by atomic mass is 14.2. The van der Waals surface area contributed by atoms with Crippen LogP contribution >= 0.6 is 0 Å². The van der Waals surface area contributed by atoms with E-state index in [2.05, 4.69) is 53.0 Å². The molecular formula is C15H20. The molecule has 0 atom stereocenters. The Balaban J connectivity index is 3.55. The largest absolute Gasteiger partial charge is 0.0990 e. The zero-order valence-corrected chi connectivity index (χ0v) is 10.2. The van der Waals surface area contributed by atoms with Crippen molar-refractivity contribution in [1.82, 2.24) is 0 Å². The summed E-state index contributed by atoms with van der Waals surface area (Å²) < 4.78 is 0. The lowest BCUT2D eigenvalue weighted by Crippen LogP contribution is -2.29. The van der Waals surface area contributed by atoms with Gasteiger partial charge in [0.1, 0.15) is 0 Å². The van der Waals surface area contributed by atoms with Gasteiger partial charge in [-0.05, 0) is 33.9 Å². The standard InChI is InChI=1S/C15H20/c1-7-8-13-9-10-14(15(4,5)6)12(3)11(13)2/h7-10H,1-2H2,3-6H3/b13-8-. The summed E-state index contributed by atoms with van der Waals surface area (Å²) >= 11 is 0. The molecule has 0 heterocycles. The van der Waals surface area contributed by atoms with Gasteiger partial charge in [-0.3, -0.25) is 0 Å². The molecule has 0 fully saturated rings. The van der Waals surface area contributed by atoms with Crippen LogP contribution in [0.4, 0.5) is 0 Å². The summed E-state index contributed by atoms with van der Waals surface area (Å²) in [5.74, 6) is 0. The molecule has 0 aliphatic heterocycles. The van der Waals surface area contributed by atoms with Crippen LogP contribution in [0.2, 0.25) is 0 Å². The molecule has 80 valence electrons. The van der Waals surface area contributed by atoms with Crippen LogP contribution in [0.3, 0.4) is 0 Å². The quantitative estimate of drug-likeness (QED) is 0.654. The Kier molecular flexibility index (Phi) is 3.18. The van der Waals surface area contributed by atoms with Crippen molar-refractivity contribution in [2.75, 3.05) is 0 Å². The Morgan fingerprint density at radius 3 is 2.27 bits per heavy atom. The second-order valence-electron chi connectivity index (χ2n) is 4.96. The van der Waals surface area contributed by atoms with Crippen LogP contribution in [-0.2, 0) is 5.41 Å². The molecule has 0 heteroatoms. The van der Waals surface area contributed by atoms with Crippen LogP contribution in [-0.4, -0.2) is 0 Å². The third kappa shape index (κ3) is 2.38. The first-order valence-electron chi connectivity index (χ1n) is 5.29. The normalized spacial score (nSPS) is 12.9. The van der Waals surface area contributed by atoms with E-state index >= 15 is 0 Å². The van der Waals surface area contributed by atoms with Crippen LogP contribution in [0.1, 0.15) is 31.9 Å². The SMILES string of the molecule is C=C/C=c1/ccc(C(C)(C)C)c(C)c1=C. The van der Waals surface area contributed by atoms with Crippen molar-refractivity contribution in [3.05, 3.63) is 46.4 Å². The molecule has 0 unspecified atom stereocenters. The van der Waals surface area contributed by atoms with Crippen LogP contribution in [0.5, 0.6) is 0 Å². The van der Waals surface area contributed by atoms with Gasteiger partial charge in [0.25, 0.3) is 0 Å². The van der Waals surface area contributed by atoms with Crippen molar-refractivity contribution in [3.8, 4) is 0 Å². The lowest BCUT2D eigenvalue weighted by Gasteiger charge is -2.21. The predicted octanol–water partition coefficient (Wildman–Crippen LogP) is 2.67. The van der Waals surface area contributed by atoms with Crippen molar-refractivity contribution in [2.45, 2.75) is 33.1 Å². The van der Waals surface area contributed by atoms with Gasteiger partial charge in [-0.25, -0.2) is 0 Å². The molecule has 0 bridgehead atoms. The number of benzene rings is 1. The third-order valence-corrected chi connectivity index (χ3v) is 2.74. The third-order valence-electron chi connectivity index (χ3n) is 2.74. The second-order valence-corrected chi connectivity index (χ2v) is 4.96. The van der Waals surface area contributed by atoms with E-state index in [1.165, 1.54) is 11.1 Å². The van der Waals surface area contributed by atoms with E-state index in [1.807, 2.05) is 6.08 Å². The fourth-order valence-electron chi connectivity index (χ4n) is 1.87. The van der Waals surface area contributed by atoms with E-state index in [0.717, 1.165) is 10.4 Å². The van der Waals surface area contributed by atoms with E-state index in [-0.39, 0.29) is 5.41 Å². The molecule has 0 radical (unpaired) electrons. The minimum atomic E-state index is 0.184. The van der Waals surface area contributed by atoms with Crippen LogP contribution in [0.15, 0.2) is 24.8 Å². The lowest BCUT2D eigenvalue weighted by molar-refractivity contribution is 0.585. The van der Waals surface area contributed by atoms with E-state index in [1.54, 1.807) is 6.08 Å². The van der Waals surface area contributed by atoms with Gasteiger partial charge in [-0.1, -0.05) is 58.2 Å². The maximum absolute atomic E-state index is 4.13. The van der Waals surface area contributed by atoms with Gasteiger partial charge in [0.15, 0.2) is 0 Å². The average Bonchev–Trinajstić information content (AvgIpc) is 2.11. The number of allylic oxidation sites excluding steroid dienone is 1. The van der Waals surface area contributed by atoms with Crippen molar-refractivity contribution in [2.24, 2.45) is 0 Å². The summed E-state index contributed by atoms with van der Waals surface area (Å²) in [5.41, 5.74) is 2.84. The molecule has 1 rings (SSSR count). The molecule has 1 aromatic carbocycles. The minimum absolute atomic E-state index is 0.184. The molecule has 0 aliphatic rings. The van der Waals surface area contributed by atoms with Gasteiger partial charge >= 0.3 is 0 Å². The average molecular weight is 200 g/mol. The highest BCUT2D eigenvalue weighted by Gasteiger charge is 2.15. The Hall–Kier alpha value is -1.30. The van der Waals surface area contributed by atoms with Gasteiger partial charge in [0, 0.05) is 0 Å². The van der Waals surface area contributed by atoms with Crippen LogP contribution in [0.25, 0.3) is 12.7 Å². The van der Waals surface area contributed by atoms with Gasteiger partial charge in [0.2, 0.25) is 0 Å². The van der Waals surface area contributed by atoms with Crippen molar-refractivity contribution >= 4 is 12.7 Å². The minimum Gasteiger partial charge on any atom is -0.0990 e. The summed E-state index contributed by atoms with van der Waals surface area (Å²) in [6.45, 7) is 16.7. The summed E-state index contributed by atoms with van der Waals surface area (Å²) in [4.78, 5) is 0. The van der Waals surface area contributed by atoms with Gasteiger partial charge in [-0.2, -0.15) is 0 Å². The maximum Gasteiger partial charge on any atom is -0.0129 e. The first-order chi connectivity index (χ1) is 6.88. The van der Waals surface area contributed by atoms with Crippen molar-refractivity contribution in [3.63, 3.8) is 0 Å². The molecule has 15 heavy (non-hydrogen) atoms. The first kappa shape index (κ1) is 11.8. The first-order valence-corrected chi connectivity index (χ1v) is 5.29. The van der Waals surface area contributed by atoms with Gasteiger partial charge in [-0.15, -0.1) is 0 Å². The lowest BCUT2D eigenvalue weighted by atomic mass is 9.83. The maximum atomic E-state index is 4.13. The predicted molar refractivity (Wildman–Crippen MR) is 69.3 cm³/mol. The van der Waals surface area contributed by atoms with Crippen LogP contribution < -0.4 is 10.4 Å². The Labute approximate surface area is 92.6 Å². The zero-order valence-electron chi connectivity index (χ0n) is 10.2. The molecule has 0 spiro atoms. The molecule has 0 N–H and O–H groups in total. The van der Waals surface area contributed by atoms with E-state index in [4.69, 9.17) is 0 Å². The fraction of sp³-hybridized carbons (Fsp3) is 0.333. The summed E-state index contributed by atoms with van der Waals surface area (Å²) in [6, 6.07) is 4.32. The highest BCUT2D eigenvalue weighted by molar-refractivity contribution is 5.42. The van der Waals surface area contributed by atoms with E-state index < -0.39 is 0 Å². The molecule has 0 saturated heterocycles. The molecule has 0 nitrogen and oxygen atoms in total. The monoisotopic (exact) mass is 200 g/mol. The van der Waals surface area contributed by atoms with Crippen molar-refractivity contribution < 1.29 is 0 Å². The molecule has 0 amide bonds. The van der Waals surface area contributed by atoms with Gasteiger partial charge in [0.05, 0.1) is 0 Å². The van der Waals surface area contributed by atoms with Crippen molar-refractivity contribution in [1.29, 1.82) is 0 Å². The van der Waals surface area contributed by atoms with E-state index in [0.29, 0.717) is 0 Å². The molecule has 1 aromatic rings. The number of hydrogen-bond acceptors (Lipinski definition) is 0. The summed E-state index contributed by atoms with van der Waals surface area (Å²) in [6.07, 6.45) is 3.81. The van der Waals surface area contributed by atoms with Gasteiger partial charge < -0.3 is 0 Å². The molecule has 0 aromatic heterocycles. The smallest absolute Gasteiger partial charge is 0.0129 e. The van der Waals surface area contributed by atoms with E-state index in [9.17, 15) is 0 Å². The fourth-order valence-corrected chi connectivity index (χ4v) is 1.87. The molecular weight excluding hydrogens is 180 g/mol. The molecule has 0 aliphatic carbocycles. The summed E-state index contributed by atoms with van der Waals surface area (Å²) in [7, 11) is 0. The summed E-state index contributed by atoms with van der Waals surface area (Å²) in [5, 5.41) is 2.28. The molecule has 0 saturated carbocycles. The Morgan fingerprint density at radius 2 is 1.80 bits per heavy atom. The number of rotatable bonds is 1. The number of hydrogen-bond donors (Lipinski definition) is 0. The van der Waals surface area contributed by atoms with Crippen LogP contribution in [0, 0.1) is 6.92 Å². The topological polar surface area (TPSA) is 0 Å². The highest BCUT2D eigenvalue weighted by Crippen LogP contribution is 2.22. The second kappa shape index (κ2) is 4.06.